The van der Waals surface area contributed by atoms with Crippen LogP contribution < -0.4 is 0 Å². The number of carbonyl (C=O) groups is 3. The molecule has 37 heavy (non-hydrogen) atoms. The summed E-state index contributed by atoms with van der Waals surface area (Å²) in [6, 6.07) is 0. The molecule has 4 N–H and O–H groups in total. The third-order valence-corrected chi connectivity index (χ3v) is 11.0. The number of carboxylic acids is 3. The molecule has 0 saturated carbocycles. The van der Waals surface area contributed by atoms with Crippen LogP contribution in [0, 0.1) is 27.6 Å². The van der Waals surface area contributed by atoms with Crippen molar-refractivity contribution in [3.63, 3.8) is 0 Å². The molecule has 2 atom stereocenters. The van der Waals surface area contributed by atoms with Crippen molar-refractivity contribution in [3.8, 4) is 0 Å². The van der Waals surface area contributed by atoms with E-state index in [1.165, 1.54) is 0 Å². The molecule has 0 aliphatic rings. The topological polar surface area (TPSA) is 132 Å². The van der Waals surface area contributed by atoms with E-state index in [4.69, 9.17) is 0 Å². The molecule has 7 heteroatoms. The van der Waals surface area contributed by atoms with Gasteiger partial charge in [0.2, 0.25) is 0 Å². The SMILES string of the molecule is CCC(CC)(CC)CC(C(=O)O)C(O)(C(=O)O)C(CC(CC)(CC)CC)(CC(CC)(CC)CC)C(=O)O. The fourth-order valence-electron chi connectivity index (χ4n) is 6.89. The zero-order chi connectivity index (χ0) is 29.3. The Kier molecular flexibility index (Phi) is 13.3. The van der Waals surface area contributed by atoms with E-state index >= 15 is 0 Å². The van der Waals surface area contributed by atoms with Crippen LogP contribution in [0.1, 0.15) is 139 Å². The van der Waals surface area contributed by atoms with Crippen molar-refractivity contribution < 1.29 is 34.8 Å². The molecule has 0 aromatic rings. The lowest BCUT2D eigenvalue weighted by atomic mass is 9.50. The minimum absolute atomic E-state index is 0.0927. The zero-order valence-electron chi connectivity index (χ0n) is 25.1. The average molecular weight is 529 g/mol. The quantitative estimate of drug-likeness (QED) is 0.129. The van der Waals surface area contributed by atoms with Gasteiger partial charge < -0.3 is 20.4 Å². The van der Waals surface area contributed by atoms with Gasteiger partial charge in [0.05, 0.1) is 5.92 Å². The lowest BCUT2D eigenvalue weighted by molar-refractivity contribution is -0.218. The Labute approximate surface area is 225 Å². The molecule has 0 fully saturated rings. The molecule has 0 aromatic carbocycles. The van der Waals surface area contributed by atoms with Gasteiger partial charge in [0, 0.05) is 0 Å². The minimum Gasteiger partial charge on any atom is -0.481 e. The van der Waals surface area contributed by atoms with Crippen LogP contribution in [0.4, 0.5) is 0 Å². The van der Waals surface area contributed by atoms with E-state index < -0.39 is 51.1 Å². The summed E-state index contributed by atoms with van der Waals surface area (Å²) in [5.41, 5.74) is -6.81. The van der Waals surface area contributed by atoms with E-state index in [2.05, 4.69) is 0 Å². The van der Waals surface area contributed by atoms with E-state index in [-0.39, 0.29) is 19.3 Å². The smallest absolute Gasteiger partial charge is 0.337 e. The molecular weight excluding hydrogens is 472 g/mol. The van der Waals surface area contributed by atoms with Crippen LogP contribution in [0.25, 0.3) is 0 Å². The first kappa shape index (κ1) is 35.4. The number of aliphatic hydroxyl groups is 1. The largest absolute Gasteiger partial charge is 0.481 e. The lowest BCUT2D eigenvalue weighted by Crippen LogP contribution is -2.67. The fourth-order valence-corrected chi connectivity index (χ4v) is 6.89. The van der Waals surface area contributed by atoms with E-state index in [0.29, 0.717) is 57.8 Å². The maximum absolute atomic E-state index is 13.5. The molecule has 0 saturated heterocycles. The number of aliphatic carboxylic acids is 3. The van der Waals surface area contributed by atoms with Gasteiger partial charge in [-0.1, -0.05) is 120 Å². The molecule has 2 unspecified atom stereocenters. The number of rotatable bonds is 20. The summed E-state index contributed by atoms with van der Waals surface area (Å²) in [7, 11) is 0. The Morgan fingerprint density at radius 3 is 1.03 bits per heavy atom. The van der Waals surface area contributed by atoms with E-state index in [0.717, 1.165) is 0 Å². The standard InChI is InChI=1S/C30H56O7/c1-10-26(11-2,12-3)19-22(23(31)32)30(37,25(35)36)29(24(33)34,20-27(13-4,14-5)15-6)21-28(16-7,17-8)18-9/h22,37H,10-21H2,1-9H3,(H,31,32)(H,33,34)(H,35,36). The molecule has 0 aromatic heterocycles. The van der Waals surface area contributed by atoms with Crippen LogP contribution in [0.15, 0.2) is 0 Å². The van der Waals surface area contributed by atoms with Crippen molar-refractivity contribution in [3.05, 3.63) is 0 Å². The van der Waals surface area contributed by atoms with E-state index in [1.807, 2.05) is 62.3 Å². The summed E-state index contributed by atoms with van der Waals surface area (Å²) in [4.78, 5) is 39.6. The summed E-state index contributed by atoms with van der Waals surface area (Å²) in [5, 5.41) is 44.6. The number of hydrogen-bond acceptors (Lipinski definition) is 4. The van der Waals surface area contributed by atoms with Gasteiger partial charge in [-0.05, 0) is 35.5 Å². The van der Waals surface area contributed by atoms with Gasteiger partial charge >= 0.3 is 17.9 Å². The molecule has 0 rings (SSSR count). The van der Waals surface area contributed by atoms with Crippen molar-refractivity contribution in [2.24, 2.45) is 27.6 Å². The first-order valence-corrected chi connectivity index (χ1v) is 14.6. The first-order valence-electron chi connectivity index (χ1n) is 14.6. The van der Waals surface area contributed by atoms with Crippen molar-refractivity contribution in [2.45, 2.75) is 145 Å². The lowest BCUT2D eigenvalue weighted by Gasteiger charge is -2.53. The molecule has 7 nitrogen and oxygen atoms in total. The molecule has 218 valence electrons. The van der Waals surface area contributed by atoms with Gasteiger partial charge in [0.15, 0.2) is 5.60 Å². The van der Waals surface area contributed by atoms with Gasteiger partial charge in [-0.3, -0.25) is 9.59 Å². The van der Waals surface area contributed by atoms with Gasteiger partial charge in [-0.25, -0.2) is 4.79 Å². The van der Waals surface area contributed by atoms with Gasteiger partial charge in [-0.15, -0.1) is 0 Å². The van der Waals surface area contributed by atoms with E-state index in [9.17, 15) is 34.8 Å². The summed E-state index contributed by atoms with van der Waals surface area (Å²) in [5.74, 6) is -6.40. The van der Waals surface area contributed by atoms with Crippen LogP contribution in [0.2, 0.25) is 0 Å². The highest BCUT2D eigenvalue weighted by Gasteiger charge is 2.69. The minimum atomic E-state index is -3.00. The van der Waals surface area contributed by atoms with Crippen molar-refractivity contribution in [2.75, 3.05) is 0 Å². The van der Waals surface area contributed by atoms with Crippen molar-refractivity contribution in [1.29, 1.82) is 0 Å². The average Bonchev–Trinajstić information content (AvgIpc) is 2.90. The highest BCUT2D eigenvalue weighted by Crippen LogP contribution is 2.58. The van der Waals surface area contributed by atoms with E-state index in [1.54, 1.807) is 0 Å². The summed E-state index contributed by atoms with van der Waals surface area (Å²) < 4.78 is 0. The van der Waals surface area contributed by atoms with Gasteiger partial charge in [0.25, 0.3) is 0 Å². The fraction of sp³-hybridized carbons (Fsp3) is 0.900. The Bertz CT molecular complexity index is 700. The Morgan fingerprint density at radius 1 is 0.541 bits per heavy atom. The summed E-state index contributed by atoms with van der Waals surface area (Å²) in [6.45, 7) is 17.5. The molecule has 0 bridgehead atoms. The molecule has 0 aliphatic heterocycles. The van der Waals surface area contributed by atoms with Gasteiger partial charge in [-0.2, -0.15) is 0 Å². The van der Waals surface area contributed by atoms with Crippen LogP contribution in [-0.4, -0.2) is 43.9 Å². The highest BCUT2D eigenvalue weighted by molar-refractivity contribution is 5.93. The van der Waals surface area contributed by atoms with Crippen molar-refractivity contribution >= 4 is 17.9 Å². The van der Waals surface area contributed by atoms with Crippen LogP contribution in [-0.2, 0) is 14.4 Å². The molecule has 0 radical (unpaired) electrons. The Balaban J connectivity index is 7.81. The third kappa shape index (κ3) is 6.69. The number of hydrogen-bond donors (Lipinski definition) is 4. The second kappa shape index (κ2) is 14.0. The summed E-state index contributed by atoms with van der Waals surface area (Å²) in [6.07, 6.45) is 5.12. The Morgan fingerprint density at radius 2 is 0.838 bits per heavy atom. The normalized spacial score (nSPS) is 15.7. The molecule has 0 spiro atoms. The molecule has 0 heterocycles. The maximum Gasteiger partial charge on any atom is 0.337 e. The predicted octanol–water partition coefficient (Wildman–Crippen LogP) is 7.39. The first-order chi connectivity index (χ1) is 17.1. The van der Waals surface area contributed by atoms with Crippen molar-refractivity contribution in [1.82, 2.24) is 0 Å². The van der Waals surface area contributed by atoms with Crippen LogP contribution in [0.3, 0.4) is 0 Å². The zero-order valence-corrected chi connectivity index (χ0v) is 25.1. The highest BCUT2D eigenvalue weighted by atomic mass is 16.4. The summed E-state index contributed by atoms with van der Waals surface area (Å²) >= 11 is 0. The molecule has 0 amide bonds. The molecule has 0 aliphatic carbocycles. The Hall–Kier alpha value is -1.63. The van der Waals surface area contributed by atoms with Gasteiger partial charge in [0.1, 0.15) is 5.41 Å². The van der Waals surface area contributed by atoms with Crippen LogP contribution >= 0.6 is 0 Å². The third-order valence-electron chi connectivity index (χ3n) is 11.0. The predicted molar refractivity (Wildman–Crippen MR) is 148 cm³/mol. The monoisotopic (exact) mass is 528 g/mol. The second-order valence-corrected chi connectivity index (χ2v) is 11.6. The maximum atomic E-state index is 13.5. The number of carboxylic acid groups (broad SMARTS) is 3. The molecular formula is C30H56O7. The second-order valence-electron chi connectivity index (χ2n) is 11.6. The van der Waals surface area contributed by atoms with Crippen LogP contribution in [0.5, 0.6) is 0 Å².